The molecule has 1 aliphatic rings. The zero-order chi connectivity index (χ0) is 14.1. The Morgan fingerprint density at radius 3 is 2.80 bits per heavy atom. The first-order chi connectivity index (χ1) is 9.63. The number of hydrogen-bond acceptors (Lipinski definition) is 4. The van der Waals surface area contributed by atoms with Gasteiger partial charge >= 0.3 is 0 Å². The lowest BCUT2D eigenvalue weighted by molar-refractivity contribution is 0.517. The monoisotopic (exact) mass is 351 g/mol. The van der Waals surface area contributed by atoms with Gasteiger partial charge in [-0.3, -0.25) is 4.98 Å². The second-order valence-corrected chi connectivity index (χ2v) is 7.46. The molecule has 2 aromatic heterocycles. The summed E-state index contributed by atoms with van der Waals surface area (Å²) in [6.45, 7) is 4.32. The molecule has 1 unspecified atom stereocenters. The first-order valence-corrected chi connectivity index (χ1v) is 8.60. The highest BCUT2D eigenvalue weighted by molar-refractivity contribution is 9.10. The molecule has 20 heavy (non-hydrogen) atoms. The van der Waals surface area contributed by atoms with Gasteiger partial charge < -0.3 is 5.32 Å². The summed E-state index contributed by atoms with van der Waals surface area (Å²) in [6, 6.07) is 4.60. The van der Waals surface area contributed by atoms with Crippen molar-refractivity contribution in [1.29, 1.82) is 0 Å². The number of halogens is 1. The van der Waals surface area contributed by atoms with Crippen molar-refractivity contribution in [3.8, 4) is 0 Å². The van der Waals surface area contributed by atoms with E-state index in [-0.39, 0.29) is 6.04 Å². The number of fused-ring (bicyclic) bond motifs is 1. The molecule has 0 saturated carbocycles. The van der Waals surface area contributed by atoms with Crippen LogP contribution in [0.15, 0.2) is 22.8 Å². The average molecular weight is 352 g/mol. The molecule has 0 spiro atoms. The smallest absolute Gasteiger partial charge is 0.116 e. The topological polar surface area (TPSA) is 37.8 Å². The van der Waals surface area contributed by atoms with Crippen molar-refractivity contribution < 1.29 is 0 Å². The lowest BCUT2D eigenvalue weighted by atomic mass is 10.1. The molecule has 3 rings (SSSR count). The van der Waals surface area contributed by atoms with E-state index in [0.717, 1.165) is 21.6 Å². The Labute approximate surface area is 132 Å². The van der Waals surface area contributed by atoms with Crippen molar-refractivity contribution in [1.82, 2.24) is 15.3 Å². The van der Waals surface area contributed by atoms with Crippen LogP contribution >= 0.6 is 27.3 Å². The first-order valence-electron chi connectivity index (χ1n) is 6.99. The lowest BCUT2D eigenvalue weighted by Crippen LogP contribution is -2.29. The van der Waals surface area contributed by atoms with Gasteiger partial charge in [-0.1, -0.05) is 0 Å². The molecule has 2 aromatic rings. The van der Waals surface area contributed by atoms with E-state index in [2.05, 4.69) is 46.1 Å². The van der Waals surface area contributed by atoms with Gasteiger partial charge in [0.05, 0.1) is 11.4 Å². The van der Waals surface area contributed by atoms with E-state index < -0.39 is 0 Å². The van der Waals surface area contributed by atoms with Gasteiger partial charge in [0.15, 0.2) is 0 Å². The Kier molecular flexibility index (Phi) is 4.19. The maximum absolute atomic E-state index is 4.85. The predicted molar refractivity (Wildman–Crippen MR) is 86.2 cm³/mol. The Morgan fingerprint density at radius 1 is 1.30 bits per heavy atom. The molecule has 0 bridgehead atoms. The van der Waals surface area contributed by atoms with Crippen LogP contribution in [0.1, 0.15) is 47.6 Å². The van der Waals surface area contributed by atoms with Gasteiger partial charge in [-0.15, -0.1) is 11.3 Å². The molecule has 1 N–H and O–H groups in total. The summed E-state index contributed by atoms with van der Waals surface area (Å²) < 4.78 is 1.01. The summed E-state index contributed by atoms with van der Waals surface area (Å²) in [5, 5.41) is 4.74. The van der Waals surface area contributed by atoms with E-state index >= 15 is 0 Å². The highest BCUT2D eigenvalue weighted by Crippen LogP contribution is 2.33. The van der Waals surface area contributed by atoms with Crippen molar-refractivity contribution in [2.45, 2.75) is 45.2 Å². The number of thiazole rings is 1. The maximum atomic E-state index is 4.85. The van der Waals surface area contributed by atoms with Crippen LogP contribution in [-0.4, -0.2) is 16.0 Å². The van der Waals surface area contributed by atoms with E-state index in [1.54, 1.807) is 0 Å². The molecule has 1 aliphatic carbocycles. The minimum Gasteiger partial charge on any atom is -0.301 e. The SMILES string of the molecule is CC(C)NC(c1ccc(Br)cn1)c1nc2c(s1)CCC2. The molecule has 5 heteroatoms. The van der Waals surface area contributed by atoms with E-state index in [4.69, 9.17) is 4.98 Å². The number of aromatic nitrogens is 2. The van der Waals surface area contributed by atoms with E-state index in [1.807, 2.05) is 23.6 Å². The van der Waals surface area contributed by atoms with Crippen molar-refractivity contribution in [2.24, 2.45) is 0 Å². The van der Waals surface area contributed by atoms with E-state index in [9.17, 15) is 0 Å². The summed E-state index contributed by atoms with van der Waals surface area (Å²) in [5.41, 5.74) is 2.34. The second-order valence-electron chi connectivity index (χ2n) is 5.43. The van der Waals surface area contributed by atoms with Gasteiger partial charge in [-0.2, -0.15) is 0 Å². The fraction of sp³-hybridized carbons (Fsp3) is 0.467. The predicted octanol–water partition coefficient (Wildman–Crippen LogP) is 3.88. The largest absolute Gasteiger partial charge is 0.301 e. The molecule has 0 radical (unpaired) electrons. The minimum absolute atomic E-state index is 0.0960. The minimum atomic E-state index is 0.0960. The highest BCUT2D eigenvalue weighted by atomic mass is 79.9. The summed E-state index contributed by atoms with van der Waals surface area (Å²) in [4.78, 5) is 10.9. The molecule has 3 nitrogen and oxygen atoms in total. The van der Waals surface area contributed by atoms with Crippen LogP contribution in [0, 0.1) is 0 Å². The number of hydrogen-bond donors (Lipinski definition) is 1. The summed E-state index contributed by atoms with van der Waals surface area (Å²) >= 11 is 5.29. The van der Waals surface area contributed by atoms with Crippen LogP contribution in [0.4, 0.5) is 0 Å². The zero-order valence-corrected chi connectivity index (χ0v) is 14.1. The summed E-state index contributed by atoms with van der Waals surface area (Å²) in [6.07, 6.45) is 5.43. The Morgan fingerprint density at radius 2 is 2.15 bits per heavy atom. The number of pyridine rings is 1. The first kappa shape index (κ1) is 14.2. The maximum Gasteiger partial charge on any atom is 0.116 e. The quantitative estimate of drug-likeness (QED) is 0.908. The van der Waals surface area contributed by atoms with Gasteiger partial charge in [0.1, 0.15) is 11.0 Å². The molecule has 0 aliphatic heterocycles. The van der Waals surface area contributed by atoms with Crippen molar-refractivity contribution in [3.05, 3.63) is 44.1 Å². The van der Waals surface area contributed by atoms with E-state index in [0.29, 0.717) is 6.04 Å². The number of aryl methyl sites for hydroxylation is 2. The third-order valence-corrected chi connectivity index (χ3v) is 5.10. The molecule has 1 atom stereocenters. The lowest BCUT2D eigenvalue weighted by Gasteiger charge is -2.19. The molecule has 2 heterocycles. The fourth-order valence-electron chi connectivity index (χ4n) is 2.51. The molecule has 0 aromatic carbocycles. The van der Waals surface area contributed by atoms with Crippen molar-refractivity contribution in [3.63, 3.8) is 0 Å². The van der Waals surface area contributed by atoms with Crippen molar-refractivity contribution >= 4 is 27.3 Å². The van der Waals surface area contributed by atoms with Gasteiger partial charge in [0.2, 0.25) is 0 Å². The number of rotatable bonds is 4. The highest BCUT2D eigenvalue weighted by Gasteiger charge is 2.24. The number of nitrogens with one attached hydrogen (secondary N) is 1. The van der Waals surface area contributed by atoms with Crippen LogP contribution < -0.4 is 5.32 Å². The Hall–Kier alpha value is -0.780. The van der Waals surface area contributed by atoms with Crippen LogP contribution in [0.25, 0.3) is 0 Å². The van der Waals surface area contributed by atoms with Crippen LogP contribution in [0.5, 0.6) is 0 Å². The fourth-order valence-corrected chi connectivity index (χ4v) is 3.97. The Bertz CT molecular complexity index is 570. The molecular formula is C15H18BrN3S. The third kappa shape index (κ3) is 2.95. The normalized spacial score (nSPS) is 15.6. The van der Waals surface area contributed by atoms with Gasteiger partial charge in [-0.25, -0.2) is 4.98 Å². The zero-order valence-electron chi connectivity index (χ0n) is 11.7. The van der Waals surface area contributed by atoms with Gasteiger partial charge in [0.25, 0.3) is 0 Å². The van der Waals surface area contributed by atoms with Crippen LogP contribution in [0.2, 0.25) is 0 Å². The van der Waals surface area contributed by atoms with Gasteiger partial charge in [0, 0.05) is 21.6 Å². The molecular weight excluding hydrogens is 334 g/mol. The van der Waals surface area contributed by atoms with E-state index in [1.165, 1.54) is 23.4 Å². The number of nitrogens with zero attached hydrogens (tertiary/aromatic N) is 2. The average Bonchev–Trinajstić information content (AvgIpc) is 2.97. The molecule has 0 amide bonds. The molecule has 0 fully saturated rings. The van der Waals surface area contributed by atoms with Crippen LogP contribution in [0.3, 0.4) is 0 Å². The third-order valence-electron chi connectivity index (χ3n) is 3.41. The standard InChI is InChI=1S/C15H18BrN3S/c1-9(2)18-14(12-7-6-10(16)8-17-12)15-19-11-4-3-5-13(11)20-15/h6-9,14,18H,3-5H2,1-2H3. The van der Waals surface area contributed by atoms with Crippen LogP contribution in [-0.2, 0) is 12.8 Å². The molecule has 0 saturated heterocycles. The Balaban J connectivity index is 1.94. The van der Waals surface area contributed by atoms with Crippen molar-refractivity contribution in [2.75, 3.05) is 0 Å². The summed E-state index contributed by atoms with van der Waals surface area (Å²) in [5.74, 6) is 0. The molecule has 106 valence electrons. The summed E-state index contributed by atoms with van der Waals surface area (Å²) in [7, 11) is 0. The second kappa shape index (κ2) is 5.92. The van der Waals surface area contributed by atoms with Gasteiger partial charge in [-0.05, 0) is 61.2 Å².